The van der Waals surface area contributed by atoms with Gasteiger partial charge in [-0.15, -0.1) is 10.2 Å². The maximum atomic E-state index is 13.9. The molecule has 0 radical (unpaired) electrons. The minimum atomic E-state index is -0.880. The summed E-state index contributed by atoms with van der Waals surface area (Å²) in [7, 11) is 1.12. The van der Waals surface area contributed by atoms with Crippen molar-refractivity contribution in [3.8, 4) is 6.07 Å². The van der Waals surface area contributed by atoms with Crippen molar-refractivity contribution in [3.05, 3.63) is 40.6 Å². The number of carbonyl (C=O) groups is 1. The minimum absolute atomic E-state index is 0.0716. The van der Waals surface area contributed by atoms with Gasteiger partial charge in [-0.1, -0.05) is 11.6 Å². The Morgan fingerprint density at radius 2 is 2.36 bits per heavy atom. The van der Waals surface area contributed by atoms with Crippen LogP contribution in [-0.2, 0) is 4.74 Å². The first kappa shape index (κ1) is 15.4. The summed E-state index contributed by atoms with van der Waals surface area (Å²) in [5, 5.41) is 24.4. The number of nitriles is 1. The van der Waals surface area contributed by atoms with Crippen LogP contribution in [0.2, 0.25) is 5.02 Å². The topological polar surface area (TPSA) is 117 Å². The Morgan fingerprint density at radius 1 is 1.59 bits per heavy atom. The molecule has 2 rings (SSSR count). The lowest BCUT2D eigenvalue weighted by Crippen LogP contribution is -2.06. The van der Waals surface area contributed by atoms with E-state index in [0.29, 0.717) is 0 Å². The number of carbonyl (C=O) groups excluding carboxylic acids is 1. The van der Waals surface area contributed by atoms with Gasteiger partial charge in [-0.25, -0.2) is 9.18 Å². The summed E-state index contributed by atoms with van der Waals surface area (Å²) >= 11 is 5.85. The number of allylic oxidation sites excluding steroid dienone is 1. The van der Waals surface area contributed by atoms with E-state index >= 15 is 0 Å². The average molecular weight is 323 g/mol. The first-order valence-electron chi connectivity index (χ1n) is 5.74. The number of tetrazole rings is 1. The fourth-order valence-electron chi connectivity index (χ4n) is 1.53. The molecular formula is C12H8ClFN6O2. The summed E-state index contributed by atoms with van der Waals surface area (Å²) in [5.74, 6) is -1.66. The minimum Gasteiger partial charge on any atom is -0.465 e. The highest BCUT2D eigenvalue weighted by Gasteiger charge is 2.17. The van der Waals surface area contributed by atoms with Gasteiger partial charge in [0.05, 0.1) is 12.1 Å². The molecule has 0 fully saturated rings. The summed E-state index contributed by atoms with van der Waals surface area (Å²) in [6.07, 6.45) is 1.26. The lowest BCUT2D eigenvalue weighted by molar-refractivity contribution is 0.0596. The van der Waals surface area contributed by atoms with Crippen LogP contribution < -0.4 is 5.32 Å². The molecule has 1 aromatic heterocycles. The Bertz CT molecular complexity index is 745. The van der Waals surface area contributed by atoms with Gasteiger partial charge >= 0.3 is 5.97 Å². The molecule has 2 N–H and O–H groups in total. The number of aromatic nitrogens is 4. The van der Waals surface area contributed by atoms with Gasteiger partial charge in [-0.05, 0) is 17.3 Å². The predicted octanol–water partition coefficient (Wildman–Crippen LogP) is 1.76. The Balaban J connectivity index is 2.28. The Kier molecular flexibility index (Phi) is 4.65. The molecule has 1 heterocycles. The van der Waals surface area contributed by atoms with Crippen LogP contribution in [0, 0.1) is 17.1 Å². The molecule has 0 aliphatic carbocycles. The zero-order valence-electron chi connectivity index (χ0n) is 11.1. The lowest BCUT2D eigenvalue weighted by Gasteiger charge is -2.07. The molecular weight excluding hydrogens is 315 g/mol. The van der Waals surface area contributed by atoms with E-state index in [9.17, 15) is 9.18 Å². The number of esters is 1. The van der Waals surface area contributed by atoms with Crippen LogP contribution >= 0.6 is 11.6 Å². The molecule has 2 aromatic rings. The number of halogens is 2. The van der Waals surface area contributed by atoms with Crippen molar-refractivity contribution in [1.82, 2.24) is 20.6 Å². The number of nitrogens with zero attached hydrogens (tertiary/aromatic N) is 4. The Hall–Kier alpha value is -2.99. The molecule has 1 aromatic carbocycles. The molecule has 0 saturated carbocycles. The van der Waals surface area contributed by atoms with Gasteiger partial charge in [-0.3, -0.25) is 0 Å². The molecule has 0 aliphatic rings. The van der Waals surface area contributed by atoms with Gasteiger partial charge in [0, 0.05) is 11.9 Å². The third-order valence-corrected chi connectivity index (χ3v) is 2.82. The molecule has 0 spiro atoms. The van der Waals surface area contributed by atoms with Gasteiger partial charge < -0.3 is 10.1 Å². The van der Waals surface area contributed by atoms with E-state index in [1.165, 1.54) is 12.3 Å². The van der Waals surface area contributed by atoms with Gasteiger partial charge in [0.2, 0.25) is 5.82 Å². The number of methoxy groups -OCH3 is 1. The number of anilines is 1. The molecule has 0 aliphatic heterocycles. The highest BCUT2D eigenvalue weighted by atomic mass is 35.5. The maximum absolute atomic E-state index is 13.9. The zero-order chi connectivity index (χ0) is 16.1. The predicted molar refractivity (Wildman–Crippen MR) is 74.1 cm³/mol. The molecule has 8 nitrogen and oxygen atoms in total. The van der Waals surface area contributed by atoms with Crippen LogP contribution in [0.15, 0.2) is 18.3 Å². The molecule has 22 heavy (non-hydrogen) atoms. The van der Waals surface area contributed by atoms with Gasteiger partial charge in [0.1, 0.15) is 23.0 Å². The molecule has 0 bridgehead atoms. The fourth-order valence-corrected chi connectivity index (χ4v) is 1.82. The molecule has 0 atom stereocenters. The van der Waals surface area contributed by atoms with Crippen LogP contribution in [-0.4, -0.2) is 33.7 Å². The van der Waals surface area contributed by atoms with Crippen molar-refractivity contribution in [3.63, 3.8) is 0 Å². The van der Waals surface area contributed by atoms with E-state index in [2.05, 4.69) is 30.7 Å². The van der Waals surface area contributed by atoms with Gasteiger partial charge in [0.15, 0.2) is 0 Å². The number of H-pyrrole nitrogens is 1. The van der Waals surface area contributed by atoms with Crippen molar-refractivity contribution in [2.24, 2.45) is 0 Å². The summed E-state index contributed by atoms with van der Waals surface area (Å²) in [6.45, 7) is 0. The molecule has 10 heteroatoms. The number of benzene rings is 1. The number of nitrogens with one attached hydrogen (secondary N) is 2. The second-order valence-corrected chi connectivity index (χ2v) is 4.26. The number of ether oxygens (including phenoxy) is 1. The van der Waals surface area contributed by atoms with E-state index in [1.54, 1.807) is 0 Å². The number of hydrogen-bond donors (Lipinski definition) is 2. The highest BCUT2D eigenvalue weighted by Crippen LogP contribution is 2.25. The van der Waals surface area contributed by atoms with Gasteiger partial charge in [-0.2, -0.15) is 10.5 Å². The molecule has 0 unspecified atom stereocenters. The molecule has 0 saturated heterocycles. The van der Waals surface area contributed by atoms with Crippen molar-refractivity contribution < 1.29 is 13.9 Å². The first-order valence-corrected chi connectivity index (χ1v) is 6.12. The quantitative estimate of drug-likeness (QED) is 0.650. The summed E-state index contributed by atoms with van der Waals surface area (Å²) in [6, 6.07) is 4.22. The number of rotatable bonds is 4. The number of hydrogen-bond acceptors (Lipinski definition) is 7. The van der Waals surface area contributed by atoms with Crippen LogP contribution in [0.25, 0.3) is 5.57 Å². The summed E-state index contributed by atoms with van der Waals surface area (Å²) in [5.41, 5.74) is -0.0638. The van der Waals surface area contributed by atoms with Crippen LogP contribution in [0.3, 0.4) is 0 Å². The summed E-state index contributed by atoms with van der Waals surface area (Å²) in [4.78, 5) is 11.4. The van der Waals surface area contributed by atoms with E-state index in [4.69, 9.17) is 16.9 Å². The third-order valence-electron chi connectivity index (χ3n) is 2.52. The fraction of sp³-hybridized carbons (Fsp3) is 0.0833. The van der Waals surface area contributed by atoms with E-state index in [1.807, 2.05) is 6.07 Å². The zero-order valence-corrected chi connectivity index (χ0v) is 11.8. The first-order chi connectivity index (χ1) is 10.6. The third kappa shape index (κ3) is 3.18. The van der Waals surface area contributed by atoms with Crippen LogP contribution in [0.4, 0.5) is 10.1 Å². The van der Waals surface area contributed by atoms with Gasteiger partial charge in [0.25, 0.3) is 0 Å². The van der Waals surface area contributed by atoms with Crippen molar-refractivity contribution in [2.45, 2.75) is 0 Å². The number of aromatic amines is 1. The summed E-state index contributed by atoms with van der Waals surface area (Å²) < 4.78 is 18.3. The smallest absolute Gasteiger partial charge is 0.342 e. The molecule has 0 amide bonds. The highest BCUT2D eigenvalue weighted by molar-refractivity contribution is 6.33. The SMILES string of the molecule is COC(=O)c1c(F)cc(NC=C(C#N)c2nn[nH]n2)cc1Cl. The van der Waals surface area contributed by atoms with Crippen molar-refractivity contribution >= 4 is 28.8 Å². The standard InChI is InChI=1S/C12H8ClFN6O2/c1-22-12(21)10-8(13)2-7(3-9(10)14)16-5-6(4-15)11-17-19-20-18-11/h2-3,5,16H,1H3,(H,17,18,19,20). The normalized spacial score (nSPS) is 10.9. The second-order valence-electron chi connectivity index (χ2n) is 3.86. The van der Waals surface area contributed by atoms with Crippen molar-refractivity contribution in [1.29, 1.82) is 5.26 Å². The van der Waals surface area contributed by atoms with Crippen LogP contribution in [0.5, 0.6) is 0 Å². The van der Waals surface area contributed by atoms with E-state index in [0.717, 1.165) is 13.2 Å². The largest absolute Gasteiger partial charge is 0.465 e. The maximum Gasteiger partial charge on any atom is 0.342 e. The van der Waals surface area contributed by atoms with Crippen LogP contribution in [0.1, 0.15) is 16.2 Å². The lowest BCUT2D eigenvalue weighted by atomic mass is 10.2. The second kappa shape index (κ2) is 6.64. The average Bonchev–Trinajstić information content (AvgIpc) is 3.01. The Labute approximate surface area is 128 Å². The molecule has 112 valence electrons. The monoisotopic (exact) mass is 322 g/mol. The van der Waals surface area contributed by atoms with Crippen molar-refractivity contribution in [2.75, 3.05) is 12.4 Å². The Morgan fingerprint density at radius 3 is 2.91 bits per heavy atom. The van der Waals surface area contributed by atoms with E-state index in [-0.39, 0.29) is 27.7 Å². The van der Waals surface area contributed by atoms with E-state index < -0.39 is 11.8 Å².